The highest BCUT2D eigenvalue weighted by Crippen LogP contribution is 2.21. The van der Waals surface area contributed by atoms with Crippen LogP contribution >= 0.6 is 11.6 Å². The lowest BCUT2D eigenvalue weighted by molar-refractivity contribution is 0.0516. The van der Waals surface area contributed by atoms with Gasteiger partial charge in [0.1, 0.15) is 5.60 Å². The fourth-order valence-corrected chi connectivity index (χ4v) is 2.12. The molecule has 1 aromatic carbocycles. The van der Waals surface area contributed by atoms with Gasteiger partial charge in [-0.1, -0.05) is 37.6 Å². The van der Waals surface area contributed by atoms with Crippen molar-refractivity contribution in [2.24, 2.45) is 11.8 Å². The van der Waals surface area contributed by atoms with Gasteiger partial charge in [0.2, 0.25) is 0 Å². The molecule has 0 aliphatic rings. The number of carbonyl (C=O) groups is 1. The second-order valence-electron chi connectivity index (χ2n) is 6.75. The van der Waals surface area contributed by atoms with E-state index in [4.69, 9.17) is 16.3 Å². The van der Waals surface area contributed by atoms with Gasteiger partial charge in [-0.2, -0.15) is 0 Å². The molecule has 1 unspecified atom stereocenters. The Balaban J connectivity index is 2.49. The van der Waals surface area contributed by atoms with Gasteiger partial charge in [-0.15, -0.1) is 0 Å². The van der Waals surface area contributed by atoms with Crippen LogP contribution in [0.4, 0.5) is 10.5 Å². The lowest BCUT2D eigenvalue weighted by Crippen LogP contribution is -2.38. The van der Waals surface area contributed by atoms with Crippen LogP contribution in [0.1, 0.15) is 34.6 Å². The zero-order chi connectivity index (χ0) is 16.8. The number of amides is 1. The SMILES string of the molecule is CC(C)C(CNC(=O)OC(C)(C)C)CNc1ccccc1Cl. The highest BCUT2D eigenvalue weighted by molar-refractivity contribution is 6.33. The molecular formula is C17H27ClN2O2. The minimum Gasteiger partial charge on any atom is -0.444 e. The number of benzene rings is 1. The van der Waals surface area contributed by atoms with E-state index in [9.17, 15) is 4.79 Å². The molecule has 1 aromatic rings. The lowest BCUT2D eigenvalue weighted by atomic mass is 9.95. The monoisotopic (exact) mass is 326 g/mol. The minimum absolute atomic E-state index is 0.281. The normalized spacial score (nSPS) is 12.9. The molecule has 0 bridgehead atoms. The number of carbonyl (C=O) groups excluding carboxylic acids is 1. The van der Waals surface area contributed by atoms with Crippen LogP contribution in [0.15, 0.2) is 24.3 Å². The molecule has 1 rings (SSSR count). The van der Waals surface area contributed by atoms with Crippen LogP contribution in [-0.4, -0.2) is 24.8 Å². The summed E-state index contributed by atoms with van der Waals surface area (Å²) in [7, 11) is 0. The Morgan fingerprint density at radius 2 is 1.86 bits per heavy atom. The second kappa shape index (κ2) is 8.28. The van der Waals surface area contributed by atoms with Gasteiger partial charge in [0, 0.05) is 13.1 Å². The molecule has 1 amide bonds. The summed E-state index contributed by atoms with van der Waals surface area (Å²) < 4.78 is 5.26. The van der Waals surface area contributed by atoms with E-state index in [1.165, 1.54) is 0 Å². The van der Waals surface area contributed by atoms with E-state index >= 15 is 0 Å². The quantitative estimate of drug-likeness (QED) is 0.806. The summed E-state index contributed by atoms with van der Waals surface area (Å²) in [6.07, 6.45) is -0.379. The molecule has 0 aliphatic heterocycles. The molecule has 1 atom stereocenters. The maximum absolute atomic E-state index is 11.7. The van der Waals surface area contributed by atoms with E-state index in [-0.39, 0.29) is 12.0 Å². The largest absolute Gasteiger partial charge is 0.444 e. The molecule has 0 fully saturated rings. The molecule has 0 aromatic heterocycles. The van der Waals surface area contributed by atoms with Gasteiger partial charge in [-0.25, -0.2) is 4.79 Å². The topological polar surface area (TPSA) is 50.4 Å². The van der Waals surface area contributed by atoms with Crippen molar-refractivity contribution in [1.82, 2.24) is 5.32 Å². The average molecular weight is 327 g/mol. The summed E-state index contributed by atoms with van der Waals surface area (Å²) in [6.45, 7) is 11.1. The van der Waals surface area contributed by atoms with Gasteiger partial charge in [-0.3, -0.25) is 0 Å². The van der Waals surface area contributed by atoms with Crippen LogP contribution < -0.4 is 10.6 Å². The van der Waals surface area contributed by atoms with E-state index in [0.717, 1.165) is 12.2 Å². The summed E-state index contributed by atoms with van der Waals surface area (Å²) in [5, 5.41) is 6.88. The maximum atomic E-state index is 11.7. The molecule has 0 saturated carbocycles. The van der Waals surface area contributed by atoms with Crippen LogP contribution in [-0.2, 0) is 4.74 Å². The number of alkyl carbamates (subject to hydrolysis) is 1. The maximum Gasteiger partial charge on any atom is 0.407 e. The van der Waals surface area contributed by atoms with Crippen LogP contribution in [0.2, 0.25) is 5.02 Å². The Morgan fingerprint density at radius 1 is 1.23 bits per heavy atom. The third-order valence-corrected chi connectivity index (χ3v) is 3.61. The molecule has 22 heavy (non-hydrogen) atoms. The van der Waals surface area contributed by atoms with Crippen molar-refractivity contribution in [2.45, 2.75) is 40.2 Å². The minimum atomic E-state index is -0.479. The molecule has 4 nitrogen and oxygen atoms in total. The van der Waals surface area contributed by atoms with Crippen molar-refractivity contribution in [3.63, 3.8) is 0 Å². The van der Waals surface area contributed by atoms with Gasteiger partial charge < -0.3 is 15.4 Å². The number of hydrogen-bond acceptors (Lipinski definition) is 3. The number of hydrogen-bond donors (Lipinski definition) is 2. The molecule has 0 aliphatic carbocycles. The first-order valence-electron chi connectivity index (χ1n) is 7.64. The number of nitrogens with one attached hydrogen (secondary N) is 2. The molecule has 2 N–H and O–H groups in total. The number of rotatable bonds is 6. The Labute approximate surface area is 138 Å². The molecule has 124 valence electrons. The fraction of sp³-hybridized carbons (Fsp3) is 0.588. The van der Waals surface area contributed by atoms with Crippen molar-refractivity contribution in [1.29, 1.82) is 0 Å². The number of halogens is 1. The first-order chi connectivity index (χ1) is 10.2. The van der Waals surface area contributed by atoms with Gasteiger partial charge in [0.25, 0.3) is 0 Å². The van der Waals surface area contributed by atoms with E-state index in [1.54, 1.807) is 0 Å². The number of anilines is 1. The molecular weight excluding hydrogens is 300 g/mol. The standard InChI is InChI=1S/C17H27ClN2O2/c1-12(2)13(11-20-16(21)22-17(3,4)5)10-19-15-9-7-6-8-14(15)18/h6-9,12-13,19H,10-11H2,1-5H3,(H,20,21). The third kappa shape index (κ3) is 7.03. The summed E-state index contributed by atoms with van der Waals surface area (Å²) in [5.41, 5.74) is 0.430. The van der Waals surface area contributed by atoms with Crippen molar-refractivity contribution in [3.8, 4) is 0 Å². The van der Waals surface area contributed by atoms with E-state index in [2.05, 4.69) is 24.5 Å². The summed E-state index contributed by atoms with van der Waals surface area (Å²) >= 11 is 6.14. The van der Waals surface area contributed by atoms with Gasteiger partial charge in [0.15, 0.2) is 0 Å². The number of ether oxygens (including phenoxy) is 1. The highest BCUT2D eigenvalue weighted by Gasteiger charge is 2.19. The Morgan fingerprint density at radius 3 is 2.41 bits per heavy atom. The number of para-hydroxylation sites is 1. The van der Waals surface area contributed by atoms with Crippen molar-refractivity contribution >= 4 is 23.4 Å². The van der Waals surface area contributed by atoms with Crippen LogP contribution in [0.3, 0.4) is 0 Å². The van der Waals surface area contributed by atoms with Gasteiger partial charge in [-0.05, 0) is 44.7 Å². The molecule has 0 saturated heterocycles. The fourth-order valence-electron chi connectivity index (χ4n) is 1.92. The molecule has 0 heterocycles. The van der Waals surface area contributed by atoms with Gasteiger partial charge in [0.05, 0.1) is 10.7 Å². The Bertz CT molecular complexity index is 484. The van der Waals surface area contributed by atoms with Crippen LogP contribution in [0.25, 0.3) is 0 Å². The summed E-state index contributed by atoms with van der Waals surface area (Å²) in [6, 6.07) is 7.64. The first kappa shape index (κ1) is 18.6. The van der Waals surface area contributed by atoms with Crippen LogP contribution in [0.5, 0.6) is 0 Å². The smallest absolute Gasteiger partial charge is 0.407 e. The van der Waals surface area contributed by atoms with E-state index in [0.29, 0.717) is 17.5 Å². The zero-order valence-corrected chi connectivity index (χ0v) is 14.8. The molecule has 0 spiro atoms. The summed E-state index contributed by atoms with van der Waals surface area (Å²) in [4.78, 5) is 11.7. The summed E-state index contributed by atoms with van der Waals surface area (Å²) in [5.74, 6) is 0.703. The van der Waals surface area contributed by atoms with E-state index in [1.807, 2.05) is 45.0 Å². The van der Waals surface area contributed by atoms with Crippen LogP contribution in [0, 0.1) is 11.8 Å². The Kier molecular flexibility index (Phi) is 7.01. The van der Waals surface area contributed by atoms with Crippen molar-refractivity contribution < 1.29 is 9.53 Å². The average Bonchev–Trinajstić information content (AvgIpc) is 2.38. The first-order valence-corrected chi connectivity index (χ1v) is 8.02. The lowest BCUT2D eigenvalue weighted by Gasteiger charge is -2.24. The molecule has 0 radical (unpaired) electrons. The van der Waals surface area contributed by atoms with Crippen molar-refractivity contribution in [2.75, 3.05) is 18.4 Å². The predicted octanol–water partition coefficient (Wildman–Crippen LogP) is 4.55. The predicted molar refractivity (Wildman–Crippen MR) is 92.5 cm³/mol. The highest BCUT2D eigenvalue weighted by atomic mass is 35.5. The molecule has 5 heteroatoms. The Hall–Kier alpha value is -1.42. The van der Waals surface area contributed by atoms with E-state index < -0.39 is 5.60 Å². The zero-order valence-electron chi connectivity index (χ0n) is 14.1. The second-order valence-corrected chi connectivity index (χ2v) is 7.15. The van der Waals surface area contributed by atoms with Crippen molar-refractivity contribution in [3.05, 3.63) is 29.3 Å². The third-order valence-electron chi connectivity index (χ3n) is 3.28. The van der Waals surface area contributed by atoms with Gasteiger partial charge >= 0.3 is 6.09 Å².